The molecule has 0 spiro atoms. The number of ether oxygens (including phenoxy) is 2. The van der Waals surface area contributed by atoms with E-state index in [2.05, 4.69) is 15.9 Å². The van der Waals surface area contributed by atoms with E-state index in [9.17, 15) is 9.90 Å². The molecule has 0 bridgehead atoms. The zero-order chi connectivity index (χ0) is 12.3. The molecule has 0 heterocycles. The summed E-state index contributed by atoms with van der Waals surface area (Å²) >= 11 is 3.24. The van der Waals surface area contributed by atoms with E-state index in [0.717, 1.165) is 0 Å². The van der Waals surface area contributed by atoms with E-state index in [1.165, 1.54) is 19.2 Å². The average Bonchev–Trinajstić information content (AvgIpc) is 2.19. The summed E-state index contributed by atoms with van der Waals surface area (Å²) in [5.41, 5.74) is 0.0415. The maximum Gasteiger partial charge on any atom is 0.175 e. The van der Waals surface area contributed by atoms with Gasteiger partial charge >= 0.3 is 0 Å². The van der Waals surface area contributed by atoms with Gasteiger partial charge in [-0.2, -0.15) is 0 Å². The predicted molar refractivity (Wildman–Crippen MR) is 60.8 cm³/mol. The van der Waals surface area contributed by atoms with Crippen LogP contribution in [0, 0.1) is 0 Å². The lowest BCUT2D eigenvalue weighted by Gasteiger charge is -2.16. The molecule has 16 heavy (non-hydrogen) atoms. The molecule has 1 aromatic rings. The standard InChI is InChI=1S/C11H13BrO4/c1-6(2)16-10-8(12)4-7(11(13)14)5-9(10)15-3/h4-6H,1-3H3,(H,13,14)/p-1. The number of hydrogen-bond acceptors (Lipinski definition) is 4. The van der Waals surface area contributed by atoms with Crippen LogP contribution in [0.4, 0.5) is 0 Å². The quantitative estimate of drug-likeness (QED) is 0.844. The Morgan fingerprint density at radius 3 is 2.50 bits per heavy atom. The largest absolute Gasteiger partial charge is 0.545 e. The van der Waals surface area contributed by atoms with Gasteiger partial charge in [0.15, 0.2) is 11.5 Å². The zero-order valence-electron chi connectivity index (χ0n) is 9.24. The van der Waals surface area contributed by atoms with Crippen LogP contribution in [0.5, 0.6) is 11.5 Å². The van der Waals surface area contributed by atoms with Gasteiger partial charge in [0.1, 0.15) is 0 Å². The summed E-state index contributed by atoms with van der Waals surface area (Å²) in [6, 6.07) is 2.80. The van der Waals surface area contributed by atoms with Gasteiger partial charge in [-0.1, -0.05) is 0 Å². The van der Waals surface area contributed by atoms with Crippen molar-refractivity contribution in [2.75, 3.05) is 7.11 Å². The molecule has 0 aliphatic carbocycles. The first kappa shape index (κ1) is 12.8. The molecule has 0 saturated heterocycles. The Hall–Kier alpha value is -1.23. The van der Waals surface area contributed by atoms with E-state index in [4.69, 9.17) is 9.47 Å². The molecular weight excluding hydrogens is 276 g/mol. The third-order valence-electron chi connectivity index (χ3n) is 1.82. The fraction of sp³-hybridized carbons (Fsp3) is 0.364. The molecule has 0 unspecified atom stereocenters. The normalized spacial score (nSPS) is 10.3. The summed E-state index contributed by atoms with van der Waals surface area (Å²) in [6.07, 6.45) is -0.0287. The lowest BCUT2D eigenvalue weighted by atomic mass is 10.2. The van der Waals surface area contributed by atoms with Crippen molar-refractivity contribution in [3.05, 3.63) is 22.2 Å². The van der Waals surface area contributed by atoms with Crippen LogP contribution in [-0.2, 0) is 0 Å². The Balaban J connectivity index is 3.23. The van der Waals surface area contributed by atoms with Gasteiger partial charge in [0, 0.05) is 5.56 Å². The van der Waals surface area contributed by atoms with Crippen molar-refractivity contribution >= 4 is 21.9 Å². The van der Waals surface area contributed by atoms with Crippen molar-refractivity contribution in [2.24, 2.45) is 0 Å². The highest BCUT2D eigenvalue weighted by atomic mass is 79.9. The monoisotopic (exact) mass is 287 g/mol. The number of halogens is 1. The van der Waals surface area contributed by atoms with Crippen LogP contribution in [-0.4, -0.2) is 19.2 Å². The number of carbonyl (C=O) groups is 1. The molecule has 1 aromatic carbocycles. The van der Waals surface area contributed by atoms with Crippen molar-refractivity contribution in [2.45, 2.75) is 20.0 Å². The first-order valence-electron chi connectivity index (χ1n) is 4.71. The minimum absolute atomic E-state index is 0.0287. The van der Waals surface area contributed by atoms with E-state index < -0.39 is 5.97 Å². The number of carbonyl (C=O) groups excluding carboxylic acids is 1. The third kappa shape index (κ3) is 2.88. The van der Waals surface area contributed by atoms with E-state index in [1.807, 2.05) is 13.8 Å². The number of aromatic carboxylic acids is 1. The Labute approximate surface area is 102 Å². The van der Waals surface area contributed by atoms with E-state index in [0.29, 0.717) is 16.0 Å². The molecule has 5 heteroatoms. The molecular formula is C11H12BrO4-. The Bertz CT molecular complexity index is 401. The van der Waals surface area contributed by atoms with Crippen molar-refractivity contribution in [3.8, 4) is 11.5 Å². The molecule has 0 N–H and O–H groups in total. The van der Waals surface area contributed by atoms with Crippen LogP contribution < -0.4 is 14.6 Å². The highest BCUT2D eigenvalue weighted by molar-refractivity contribution is 9.10. The molecule has 0 saturated carbocycles. The fourth-order valence-corrected chi connectivity index (χ4v) is 1.72. The second-order valence-electron chi connectivity index (χ2n) is 3.44. The smallest absolute Gasteiger partial charge is 0.175 e. The minimum atomic E-state index is -1.25. The van der Waals surface area contributed by atoms with E-state index in [-0.39, 0.29) is 11.7 Å². The summed E-state index contributed by atoms with van der Waals surface area (Å²) in [7, 11) is 1.45. The molecule has 0 atom stereocenters. The summed E-state index contributed by atoms with van der Waals surface area (Å²) in [5, 5.41) is 10.7. The zero-order valence-corrected chi connectivity index (χ0v) is 10.8. The highest BCUT2D eigenvalue weighted by Crippen LogP contribution is 2.37. The van der Waals surface area contributed by atoms with Crippen LogP contribution >= 0.6 is 15.9 Å². The molecule has 88 valence electrons. The van der Waals surface area contributed by atoms with Crippen LogP contribution in [0.15, 0.2) is 16.6 Å². The lowest BCUT2D eigenvalue weighted by molar-refractivity contribution is -0.255. The van der Waals surface area contributed by atoms with Crippen LogP contribution in [0.1, 0.15) is 24.2 Å². The van der Waals surface area contributed by atoms with Crippen molar-refractivity contribution < 1.29 is 19.4 Å². The molecule has 0 radical (unpaired) electrons. The number of methoxy groups -OCH3 is 1. The van der Waals surface area contributed by atoms with E-state index >= 15 is 0 Å². The van der Waals surface area contributed by atoms with Crippen LogP contribution in [0.25, 0.3) is 0 Å². The topological polar surface area (TPSA) is 58.6 Å². The molecule has 0 aromatic heterocycles. The van der Waals surface area contributed by atoms with Crippen molar-refractivity contribution in [3.63, 3.8) is 0 Å². The van der Waals surface area contributed by atoms with Gasteiger partial charge in [0.25, 0.3) is 0 Å². The molecule has 4 nitrogen and oxygen atoms in total. The Morgan fingerprint density at radius 2 is 2.06 bits per heavy atom. The summed E-state index contributed by atoms with van der Waals surface area (Å²) in [6.45, 7) is 3.75. The Morgan fingerprint density at radius 1 is 1.44 bits per heavy atom. The number of benzene rings is 1. The highest BCUT2D eigenvalue weighted by Gasteiger charge is 2.13. The number of rotatable bonds is 4. The van der Waals surface area contributed by atoms with Gasteiger partial charge < -0.3 is 19.4 Å². The fourth-order valence-electron chi connectivity index (χ4n) is 1.19. The second kappa shape index (κ2) is 5.21. The summed E-state index contributed by atoms with van der Waals surface area (Å²) in [4.78, 5) is 10.7. The second-order valence-corrected chi connectivity index (χ2v) is 4.30. The minimum Gasteiger partial charge on any atom is -0.545 e. The third-order valence-corrected chi connectivity index (χ3v) is 2.41. The maximum absolute atomic E-state index is 10.7. The van der Waals surface area contributed by atoms with Gasteiger partial charge in [0.2, 0.25) is 0 Å². The molecule has 0 fully saturated rings. The molecule has 1 rings (SSSR count). The first-order chi connectivity index (χ1) is 7.45. The van der Waals surface area contributed by atoms with Crippen molar-refractivity contribution in [1.29, 1.82) is 0 Å². The SMILES string of the molecule is COc1cc(C(=O)[O-])cc(Br)c1OC(C)C. The Kier molecular flexibility index (Phi) is 4.18. The molecule has 0 amide bonds. The van der Waals surface area contributed by atoms with Gasteiger partial charge in [-0.3, -0.25) is 0 Å². The number of carboxylic acids is 1. The van der Waals surface area contributed by atoms with Gasteiger partial charge in [0.05, 0.1) is 23.7 Å². The summed E-state index contributed by atoms with van der Waals surface area (Å²) < 4.78 is 11.1. The first-order valence-corrected chi connectivity index (χ1v) is 5.50. The predicted octanol–water partition coefficient (Wildman–Crippen LogP) is 1.61. The van der Waals surface area contributed by atoms with Crippen LogP contribution in [0.3, 0.4) is 0 Å². The summed E-state index contributed by atoms with van der Waals surface area (Å²) in [5.74, 6) is -0.403. The van der Waals surface area contributed by atoms with Gasteiger partial charge in [-0.05, 0) is 41.9 Å². The molecule has 0 aliphatic rings. The van der Waals surface area contributed by atoms with Crippen LogP contribution in [0.2, 0.25) is 0 Å². The number of hydrogen-bond donors (Lipinski definition) is 0. The average molecular weight is 288 g/mol. The van der Waals surface area contributed by atoms with Gasteiger partial charge in [-0.25, -0.2) is 0 Å². The maximum atomic E-state index is 10.7. The lowest BCUT2D eigenvalue weighted by Crippen LogP contribution is -2.22. The van der Waals surface area contributed by atoms with E-state index in [1.54, 1.807) is 0 Å². The van der Waals surface area contributed by atoms with Gasteiger partial charge in [-0.15, -0.1) is 0 Å². The molecule has 0 aliphatic heterocycles. The number of carboxylic acid groups (broad SMARTS) is 1. The van der Waals surface area contributed by atoms with Crippen molar-refractivity contribution in [1.82, 2.24) is 0 Å².